The van der Waals surface area contributed by atoms with Gasteiger partial charge in [0.15, 0.2) is 0 Å². The molecule has 1 aliphatic rings. The first-order valence-corrected chi connectivity index (χ1v) is 6.06. The summed E-state index contributed by atoms with van der Waals surface area (Å²) in [6.07, 6.45) is 2.10. The van der Waals surface area contributed by atoms with E-state index in [1.54, 1.807) is 11.8 Å². The molecule has 0 aromatic heterocycles. The molecule has 0 fully saturated rings. The van der Waals surface area contributed by atoms with Gasteiger partial charge < -0.3 is 4.74 Å². The Labute approximate surface area is 126 Å². The van der Waals surface area contributed by atoms with Crippen molar-refractivity contribution in [3.05, 3.63) is 54.4 Å². The van der Waals surface area contributed by atoms with Gasteiger partial charge in [-0.15, -0.1) is 6.07 Å². The van der Waals surface area contributed by atoms with Crippen molar-refractivity contribution in [1.82, 2.24) is 0 Å². The van der Waals surface area contributed by atoms with Gasteiger partial charge in [0, 0.05) is 27.3 Å². The molecule has 3 rings (SSSR count). The van der Waals surface area contributed by atoms with Crippen LogP contribution in [0.5, 0.6) is 11.5 Å². The van der Waals surface area contributed by atoms with Crippen molar-refractivity contribution in [2.24, 2.45) is 0 Å². The van der Waals surface area contributed by atoms with Gasteiger partial charge in [-0.25, -0.2) is 0 Å². The summed E-state index contributed by atoms with van der Waals surface area (Å²) in [7, 11) is 0. The second kappa shape index (κ2) is 5.35. The first-order chi connectivity index (χ1) is 7.86. The quantitative estimate of drug-likeness (QED) is 0.476. The molecular formula is C14H11CdOS-. The molecule has 0 spiro atoms. The average molecular weight is 340 g/mol. The van der Waals surface area contributed by atoms with Crippen LogP contribution in [-0.2, 0) is 27.3 Å². The third-order valence-electron chi connectivity index (χ3n) is 2.59. The Balaban J connectivity index is 0.00000108. The maximum atomic E-state index is 5.84. The number of hydrogen-bond acceptors (Lipinski definition) is 2. The van der Waals surface area contributed by atoms with Crippen molar-refractivity contribution in [2.75, 3.05) is 0 Å². The minimum atomic E-state index is 0. The molecule has 0 saturated heterocycles. The van der Waals surface area contributed by atoms with Gasteiger partial charge in [0.2, 0.25) is 0 Å². The summed E-state index contributed by atoms with van der Waals surface area (Å²) >= 11 is 1.77. The molecular weight excluding hydrogens is 329 g/mol. The Morgan fingerprint density at radius 3 is 2.59 bits per heavy atom. The van der Waals surface area contributed by atoms with Crippen LogP contribution in [0.1, 0.15) is 12.5 Å². The minimum absolute atomic E-state index is 0. The molecule has 3 heteroatoms. The second-order valence-electron chi connectivity index (χ2n) is 3.65. The Morgan fingerprint density at radius 1 is 1.00 bits per heavy atom. The first-order valence-electron chi connectivity index (χ1n) is 5.25. The average Bonchev–Trinajstić information content (AvgIpc) is 2.35. The fourth-order valence-corrected chi connectivity index (χ4v) is 2.72. The van der Waals surface area contributed by atoms with E-state index in [1.807, 2.05) is 31.2 Å². The van der Waals surface area contributed by atoms with E-state index >= 15 is 0 Å². The van der Waals surface area contributed by atoms with Crippen molar-refractivity contribution in [3.8, 4) is 11.5 Å². The monoisotopic (exact) mass is 341 g/mol. The molecule has 0 aliphatic carbocycles. The van der Waals surface area contributed by atoms with Crippen LogP contribution in [0.15, 0.2) is 52.3 Å². The second-order valence-corrected chi connectivity index (χ2v) is 4.73. The van der Waals surface area contributed by atoms with Crippen LogP contribution in [0.25, 0.3) is 0 Å². The number of benzene rings is 2. The fraction of sp³-hybridized carbons (Fsp3) is 0.0714. The summed E-state index contributed by atoms with van der Waals surface area (Å²) in [5.74, 6) is 1.91. The molecule has 2 aromatic rings. The van der Waals surface area contributed by atoms with Crippen LogP contribution >= 0.6 is 11.8 Å². The topological polar surface area (TPSA) is 9.23 Å². The molecule has 17 heavy (non-hydrogen) atoms. The summed E-state index contributed by atoms with van der Waals surface area (Å²) in [6, 6.07) is 14.4. The molecule has 1 nitrogen and oxygen atoms in total. The van der Waals surface area contributed by atoms with Gasteiger partial charge >= 0.3 is 0 Å². The van der Waals surface area contributed by atoms with Gasteiger partial charge in [0.1, 0.15) is 11.5 Å². The third-order valence-corrected chi connectivity index (χ3v) is 3.69. The van der Waals surface area contributed by atoms with Crippen LogP contribution in [0.4, 0.5) is 0 Å². The smallest absolute Gasteiger partial charge is 0.141 e. The molecule has 0 bridgehead atoms. The molecule has 0 saturated carbocycles. The summed E-state index contributed by atoms with van der Waals surface area (Å²) in [6.45, 7) is 2.05. The van der Waals surface area contributed by atoms with Crippen LogP contribution in [0.2, 0.25) is 0 Å². The number of para-hydroxylation sites is 1. The Kier molecular flexibility index (Phi) is 4.04. The van der Waals surface area contributed by atoms with E-state index in [0.29, 0.717) is 0 Å². The summed E-state index contributed by atoms with van der Waals surface area (Å²) < 4.78 is 5.84. The Morgan fingerprint density at radius 2 is 1.76 bits per heavy atom. The molecule has 0 amide bonds. The molecule has 82 valence electrons. The molecule has 1 heterocycles. The SMILES string of the molecule is C[CH-]c1ccc2c(c1)Sc1ccccc1O2.[Cd]. The van der Waals surface area contributed by atoms with Crippen molar-refractivity contribution >= 4 is 11.8 Å². The maximum absolute atomic E-state index is 5.84. The summed E-state index contributed by atoms with van der Waals surface area (Å²) in [5.41, 5.74) is 1.23. The zero-order chi connectivity index (χ0) is 11.0. The van der Waals surface area contributed by atoms with E-state index in [1.165, 1.54) is 15.4 Å². The van der Waals surface area contributed by atoms with Gasteiger partial charge in [0.05, 0.1) is 4.90 Å². The van der Waals surface area contributed by atoms with E-state index in [9.17, 15) is 0 Å². The largest absolute Gasteiger partial charge is 0.457 e. The minimum Gasteiger partial charge on any atom is -0.457 e. The Hall–Kier alpha value is -0.618. The Bertz CT molecular complexity index is 539. The maximum Gasteiger partial charge on any atom is 0.141 e. The van der Waals surface area contributed by atoms with Gasteiger partial charge in [-0.3, -0.25) is 0 Å². The predicted molar refractivity (Wildman–Crippen MR) is 66.2 cm³/mol. The molecule has 1 aliphatic heterocycles. The van der Waals surface area contributed by atoms with Crippen molar-refractivity contribution < 1.29 is 32.0 Å². The fourth-order valence-electron chi connectivity index (χ4n) is 1.72. The van der Waals surface area contributed by atoms with Crippen LogP contribution in [-0.4, -0.2) is 0 Å². The molecule has 0 atom stereocenters. The number of hydrogen-bond donors (Lipinski definition) is 0. The normalized spacial score (nSPS) is 11.6. The van der Waals surface area contributed by atoms with Gasteiger partial charge in [-0.1, -0.05) is 36.9 Å². The van der Waals surface area contributed by atoms with Crippen molar-refractivity contribution in [1.29, 1.82) is 0 Å². The molecule has 2 aromatic carbocycles. The zero-order valence-corrected chi connectivity index (χ0v) is 14.5. The van der Waals surface area contributed by atoms with Crippen LogP contribution in [0.3, 0.4) is 0 Å². The van der Waals surface area contributed by atoms with E-state index in [-0.39, 0.29) is 27.3 Å². The van der Waals surface area contributed by atoms with Crippen LogP contribution in [0, 0.1) is 6.42 Å². The van der Waals surface area contributed by atoms with Crippen molar-refractivity contribution in [3.63, 3.8) is 0 Å². The van der Waals surface area contributed by atoms with E-state index in [2.05, 4.69) is 24.6 Å². The standard InChI is InChI=1S/C14H11OS.Cd/c1-2-10-7-8-12-14(9-10)16-13-6-4-3-5-11(13)15-12;/h2-9H,1H3;/q-1;. The van der Waals surface area contributed by atoms with E-state index in [4.69, 9.17) is 4.74 Å². The van der Waals surface area contributed by atoms with Crippen LogP contribution < -0.4 is 4.74 Å². The molecule has 0 radical (unpaired) electrons. The number of ether oxygens (including phenoxy) is 1. The number of rotatable bonds is 1. The summed E-state index contributed by atoms with van der Waals surface area (Å²) in [5, 5.41) is 0. The van der Waals surface area contributed by atoms with E-state index in [0.717, 1.165) is 11.5 Å². The number of fused-ring (bicyclic) bond motifs is 2. The van der Waals surface area contributed by atoms with Gasteiger partial charge in [0.25, 0.3) is 0 Å². The predicted octanol–water partition coefficient (Wildman–Crippen LogP) is 4.51. The summed E-state index contributed by atoms with van der Waals surface area (Å²) in [4.78, 5) is 2.37. The first kappa shape index (κ1) is 12.8. The van der Waals surface area contributed by atoms with Crippen molar-refractivity contribution in [2.45, 2.75) is 16.7 Å². The molecule has 0 unspecified atom stereocenters. The van der Waals surface area contributed by atoms with Gasteiger partial charge in [-0.2, -0.15) is 18.1 Å². The van der Waals surface area contributed by atoms with Gasteiger partial charge in [-0.05, 0) is 17.0 Å². The third kappa shape index (κ3) is 2.47. The van der Waals surface area contributed by atoms with E-state index < -0.39 is 0 Å². The zero-order valence-electron chi connectivity index (χ0n) is 9.64. The molecule has 0 N–H and O–H groups in total.